The van der Waals surface area contributed by atoms with E-state index in [0.717, 1.165) is 16.8 Å². The topological polar surface area (TPSA) is 22.1 Å². The highest BCUT2D eigenvalue weighted by molar-refractivity contribution is 6.17. The van der Waals surface area contributed by atoms with E-state index in [1.165, 1.54) is 12.1 Å². The van der Waals surface area contributed by atoms with E-state index in [1.54, 1.807) is 6.07 Å². The van der Waals surface area contributed by atoms with Crippen molar-refractivity contribution in [3.05, 3.63) is 58.7 Å². The lowest BCUT2D eigenvalue weighted by molar-refractivity contribution is 0.300. The molecule has 0 aliphatic rings. The minimum absolute atomic E-state index is 0.260. The summed E-state index contributed by atoms with van der Waals surface area (Å²) >= 11 is 5.84. The molecule has 2 aromatic rings. The fraction of sp³-hybridized carbons (Fsp3) is 0.267. The number of halogens is 2. The van der Waals surface area contributed by atoms with Crippen molar-refractivity contribution in [3.8, 4) is 5.75 Å². The Hall–Kier alpha value is -1.61. The van der Waals surface area contributed by atoms with Crippen molar-refractivity contribution in [2.45, 2.75) is 26.3 Å². The number of nitrogens with zero attached hydrogens (tertiary/aromatic N) is 1. The van der Waals surface area contributed by atoms with Crippen molar-refractivity contribution >= 4 is 11.6 Å². The summed E-state index contributed by atoms with van der Waals surface area (Å²) in [6, 6.07) is 8.37. The number of hydrogen-bond donors (Lipinski definition) is 0. The first kappa shape index (κ1) is 13.8. The zero-order chi connectivity index (χ0) is 13.8. The van der Waals surface area contributed by atoms with E-state index in [9.17, 15) is 4.39 Å². The summed E-state index contributed by atoms with van der Waals surface area (Å²) in [4.78, 5) is 4.31. The van der Waals surface area contributed by atoms with Crippen molar-refractivity contribution in [2.24, 2.45) is 0 Å². The molecule has 0 N–H and O–H groups in total. The maximum Gasteiger partial charge on any atom is 0.142 e. The van der Waals surface area contributed by atoms with Gasteiger partial charge in [-0.2, -0.15) is 0 Å². The lowest BCUT2D eigenvalue weighted by Gasteiger charge is -2.11. The van der Waals surface area contributed by atoms with Gasteiger partial charge in [-0.15, -0.1) is 11.6 Å². The zero-order valence-electron chi connectivity index (χ0n) is 10.9. The summed E-state index contributed by atoms with van der Waals surface area (Å²) in [6.45, 7) is 4.13. The molecule has 0 aliphatic heterocycles. The Labute approximate surface area is 117 Å². The van der Waals surface area contributed by atoms with Crippen molar-refractivity contribution < 1.29 is 9.13 Å². The predicted molar refractivity (Wildman–Crippen MR) is 74.0 cm³/mol. The fourth-order valence-electron chi connectivity index (χ4n) is 1.78. The molecule has 19 heavy (non-hydrogen) atoms. The SMILES string of the molecule is Cc1ccc(OCc2cc(F)ccc2C)c(CCl)n1. The van der Waals surface area contributed by atoms with Gasteiger partial charge in [0.2, 0.25) is 0 Å². The van der Waals surface area contributed by atoms with Gasteiger partial charge in [0.05, 0.1) is 11.6 Å². The minimum Gasteiger partial charge on any atom is -0.487 e. The van der Waals surface area contributed by atoms with Gasteiger partial charge in [-0.3, -0.25) is 4.98 Å². The number of aromatic nitrogens is 1. The largest absolute Gasteiger partial charge is 0.487 e. The minimum atomic E-state index is -0.260. The summed E-state index contributed by atoms with van der Waals surface area (Å²) in [6.07, 6.45) is 0. The monoisotopic (exact) mass is 279 g/mol. The van der Waals surface area contributed by atoms with Crippen LogP contribution in [0.5, 0.6) is 5.75 Å². The van der Waals surface area contributed by atoms with E-state index in [-0.39, 0.29) is 5.82 Å². The molecule has 0 saturated carbocycles. The van der Waals surface area contributed by atoms with Gasteiger partial charge in [0.1, 0.15) is 18.2 Å². The highest BCUT2D eigenvalue weighted by Gasteiger charge is 2.07. The van der Waals surface area contributed by atoms with Crippen molar-refractivity contribution in [3.63, 3.8) is 0 Å². The summed E-state index contributed by atoms with van der Waals surface area (Å²) in [5.74, 6) is 0.673. The lowest BCUT2D eigenvalue weighted by atomic mass is 10.1. The molecule has 1 aromatic heterocycles. The second-order valence-corrected chi connectivity index (χ2v) is 4.66. The molecule has 0 radical (unpaired) electrons. The molecule has 4 heteroatoms. The van der Waals surface area contributed by atoms with E-state index < -0.39 is 0 Å². The van der Waals surface area contributed by atoms with Crippen LogP contribution in [0.1, 0.15) is 22.5 Å². The van der Waals surface area contributed by atoms with Gasteiger partial charge in [-0.25, -0.2) is 4.39 Å². The Bertz CT molecular complexity index is 586. The number of ether oxygens (including phenoxy) is 1. The summed E-state index contributed by atoms with van der Waals surface area (Å²) in [5, 5.41) is 0. The van der Waals surface area contributed by atoms with Crippen LogP contribution in [-0.4, -0.2) is 4.98 Å². The van der Waals surface area contributed by atoms with Crippen molar-refractivity contribution in [1.82, 2.24) is 4.98 Å². The van der Waals surface area contributed by atoms with Gasteiger partial charge >= 0.3 is 0 Å². The molecule has 2 rings (SSSR count). The number of benzene rings is 1. The predicted octanol–water partition coefficient (Wildman–Crippen LogP) is 4.16. The standard InChI is InChI=1S/C15H15ClFNO/c1-10-3-5-13(17)7-12(10)9-19-15-6-4-11(2)18-14(15)8-16/h3-7H,8-9H2,1-2H3. The summed E-state index contributed by atoms with van der Waals surface area (Å²) in [7, 11) is 0. The van der Waals surface area contributed by atoms with Crippen LogP contribution in [0.2, 0.25) is 0 Å². The number of aryl methyl sites for hydroxylation is 2. The zero-order valence-corrected chi connectivity index (χ0v) is 11.7. The van der Waals surface area contributed by atoms with Gasteiger partial charge < -0.3 is 4.74 Å². The van der Waals surface area contributed by atoms with Gasteiger partial charge in [0.15, 0.2) is 0 Å². The van der Waals surface area contributed by atoms with Gasteiger partial charge in [0, 0.05) is 5.69 Å². The molecule has 0 amide bonds. The molecule has 0 saturated heterocycles. The second-order valence-electron chi connectivity index (χ2n) is 4.39. The molecule has 0 unspecified atom stereocenters. The molecule has 2 nitrogen and oxygen atoms in total. The highest BCUT2D eigenvalue weighted by Crippen LogP contribution is 2.21. The Balaban J connectivity index is 2.16. The third-order valence-corrected chi connectivity index (χ3v) is 3.15. The molecule has 0 atom stereocenters. The van der Waals surface area contributed by atoms with Crippen molar-refractivity contribution in [1.29, 1.82) is 0 Å². The normalized spacial score (nSPS) is 10.5. The molecular formula is C15H15ClFNO. The Morgan fingerprint density at radius 2 is 2.00 bits per heavy atom. The molecular weight excluding hydrogens is 265 g/mol. The average Bonchev–Trinajstić information content (AvgIpc) is 2.40. The van der Waals surface area contributed by atoms with Crippen molar-refractivity contribution in [2.75, 3.05) is 0 Å². The molecule has 1 aromatic carbocycles. The van der Waals surface area contributed by atoms with Gasteiger partial charge in [-0.05, 0) is 49.2 Å². The first-order valence-corrected chi connectivity index (χ1v) is 6.54. The Morgan fingerprint density at radius 1 is 1.21 bits per heavy atom. The Kier molecular flexibility index (Phi) is 4.38. The lowest BCUT2D eigenvalue weighted by Crippen LogP contribution is -2.02. The third-order valence-electron chi connectivity index (χ3n) is 2.89. The molecule has 100 valence electrons. The van der Waals surface area contributed by atoms with Crippen LogP contribution >= 0.6 is 11.6 Å². The van der Waals surface area contributed by atoms with Gasteiger partial charge in [0.25, 0.3) is 0 Å². The smallest absolute Gasteiger partial charge is 0.142 e. The molecule has 1 heterocycles. The number of rotatable bonds is 4. The number of pyridine rings is 1. The molecule has 0 aliphatic carbocycles. The second kappa shape index (κ2) is 6.02. The molecule has 0 spiro atoms. The van der Waals surface area contributed by atoms with Crippen LogP contribution in [-0.2, 0) is 12.5 Å². The fourth-order valence-corrected chi connectivity index (χ4v) is 1.97. The first-order chi connectivity index (χ1) is 9.10. The number of alkyl halides is 1. The molecule has 0 fully saturated rings. The summed E-state index contributed by atoms with van der Waals surface area (Å²) < 4.78 is 18.9. The van der Waals surface area contributed by atoms with Crippen LogP contribution in [0.15, 0.2) is 30.3 Å². The summed E-state index contributed by atoms with van der Waals surface area (Å²) in [5.41, 5.74) is 3.41. The van der Waals surface area contributed by atoms with Crippen LogP contribution in [0.25, 0.3) is 0 Å². The third kappa shape index (κ3) is 3.44. The maximum atomic E-state index is 13.2. The quantitative estimate of drug-likeness (QED) is 0.784. The average molecular weight is 280 g/mol. The Morgan fingerprint density at radius 3 is 2.74 bits per heavy atom. The van der Waals surface area contributed by atoms with E-state index in [2.05, 4.69) is 4.98 Å². The van der Waals surface area contributed by atoms with Crippen LogP contribution in [0, 0.1) is 19.7 Å². The number of hydrogen-bond acceptors (Lipinski definition) is 2. The van der Waals surface area contributed by atoms with E-state index in [1.807, 2.05) is 26.0 Å². The maximum absolute atomic E-state index is 13.2. The van der Waals surface area contributed by atoms with Gasteiger partial charge in [-0.1, -0.05) is 6.07 Å². The highest BCUT2D eigenvalue weighted by atomic mass is 35.5. The van der Waals surface area contributed by atoms with E-state index >= 15 is 0 Å². The van der Waals surface area contributed by atoms with Crippen LogP contribution < -0.4 is 4.74 Å². The molecule has 0 bridgehead atoms. The van der Waals surface area contributed by atoms with E-state index in [0.29, 0.717) is 23.9 Å². The van der Waals surface area contributed by atoms with Crippen LogP contribution in [0.4, 0.5) is 4.39 Å². The van der Waals surface area contributed by atoms with E-state index in [4.69, 9.17) is 16.3 Å². The van der Waals surface area contributed by atoms with Crippen LogP contribution in [0.3, 0.4) is 0 Å². The first-order valence-electron chi connectivity index (χ1n) is 6.00.